The molecule has 37 heavy (non-hydrogen) atoms. The third-order valence-corrected chi connectivity index (χ3v) is 6.95. The van der Waals surface area contributed by atoms with Crippen molar-refractivity contribution in [1.29, 1.82) is 0 Å². The van der Waals surface area contributed by atoms with Crippen LogP contribution in [0, 0.1) is 0 Å². The van der Waals surface area contributed by atoms with Crippen LogP contribution in [0.2, 0.25) is 5.02 Å². The van der Waals surface area contributed by atoms with Crippen molar-refractivity contribution in [2.75, 3.05) is 6.79 Å². The Kier molecular flexibility index (Phi) is 7.04. The van der Waals surface area contributed by atoms with Crippen molar-refractivity contribution < 1.29 is 14.2 Å². The monoisotopic (exact) mass is 645 g/mol. The van der Waals surface area contributed by atoms with Gasteiger partial charge in [-0.15, -0.1) is 0 Å². The minimum absolute atomic E-state index is 0.208. The fourth-order valence-electron chi connectivity index (χ4n) is 3.88. The van der Waals surface area contributed by atoms with Crippen LogP contribution in [0.25, 0.3) is 10.9 Å². The number of aromatic nitrogens is 2. The molecule has 4 aromatic rings. The van der Waals surface area contributed by atoms with Gasteiger partial charge in [0.25, 0.3) is 5.56 Å². The Morgan fingerprint density at radius 2 is 1.89 bits per heavy atom. The Bertz CT molecular complexity index is 1610. The van der Waals surface area contributed by atoms with Crippen LogP contribution in [0.4, 0.5) is 0 Å². The Balaban J connectivity index is 1.54. The average Bonchev–Trinajstić information content (AvgIpc) is 3.30. The molecule has 5 rings (SSSR count). The lowest BCUT2D eigenvalue weighted by Crippen LogP contribution is -2.29. The molecule has 0 fully saturated rings. The summed E-state index contributed by atoms with van der Waals surface area (Å²) in [4.78, 5) is 18.3. The van der Waals surface area contributed by atoms with E-state index < -0.39 is 5.41 Å². The third-order valence-electron chi connectivity index (χ3n) is 5.65. The second kappa shape index (κ2) is 10.1. The van der Waals surface area contributed by atoms with Gasteiger partial charge in [0.1, 0.15) is 18.2 Å². The van der Waals surface area contributed by atoms with Crippen LogP contribution in [0.3, 0.4) is 0 Å². The van der Waals surface area contributed by atoms with Crippen molar-refractivity contribution in [2.24, 2.45) is 5.10 Å². The van der Waals surface area contributed by atoms with Crippen molar-refractivity contribution >= 4 is 60.6 Å². The summed E-state index contributed by atoms with van der Waals surface area (Å²) in [5, 5.41) is 5.53. The zero-order chi connectivity index (χ0) is 26.3. The second-order valence-electron chi connectivity index (χ2n) is 9.49. The molecule has 0 radical (unpaired) electrons. The number of halogens is 3. The summed E-state index contributed by atoms with van der Waals surface area (Å²) in [7, 11) is 0. The molecule has 0 N–H and O–H groups in total. The van der Waals surface area contributed by atoms with Crippen molar-refractivity contribution in [3.63, 3.8) is 0 Å². The summed E-state index contributed by atoms with van der Waals surface area (Å²) in [6, 6.07) is 14.6. The van der Waals surface area contributed by atoms with Gasteiger partial charge in [-0.3, -0.25) is 4.79 Å². The lowest BCUT2D eigenvalue weighted by molar-refractivity contribution is 0.174. The van der Waals surface area contributed by atoms with Crippen LogP contribution in [0.15, 0.2) is 67.4 Å². The number of fused-ring (bicyclic) bond motifs is 2. The van der Waals surface area contributed by atoms with E-state index in [9.17, 15) is 4.79 Å². The first-order valence-corrected chi connectivity index (χ1v) is 13.3. The van der Waals surface area contributed by atoms with Gasteiger partial charge in [0.15, 0.2) is 11.5 Å². The van der Waals surface area contributed by atoms with Crippen molar-refractivity contribution in [3.8, 4) is 17.2 Å². The predicted octanol–water partition coefficient (Wildman–Crippen LogP) is 7.06. The first-order valence-electron chi connectivity index (χ1n) is 11.4. The van der Waals surface area contributed by atoms with Crippen LogP contribution in [-0.2, 0) is 12.0 Å². The molecule has 0 amide bonds. The maximum absolute atomic E-state index is 13.5. The minimum atomic E-state index is -0.439. The third kappa shape index (κ3) is 5.39. The van der Waals surface area contributed by atoms with Crippen LogP contribution in [0.5, 0.6) is 17.2 Å². The fraction of sp³-hybridized carbons (Fsp3) is 0.222. The van der Waals surface area contributed by atoms with E-state index in [0.717, 1.165) is 10.0 Å². The molecule has 0 spiro atoms. The van der Waals surface area contributed by atoms with E-state index in [-0.39, 0.29) is 19.0 Å². The van der Waals surface area contributed by atoms with Gasteiger partial charge in [0.05, 0.1) is 21.6 Å². The Morgan fingerprint density at radius 3 is 2.68 bits per heavy atom. The first-order chi connectivity index (χ1) is 17.6. The highest BCUT2D eigenvalue weighted by atomic mass is 79.9. The topological polar surface area (TPSA) is 74.9 Å². The molecule has 0 aliphatic carbocycles. The summed E-state index contributed by atoms with van der Waals surface area (Å²) in [6.07, 6.45) is 1.56. The maximum Gasteiger partial charge on any atom is 0.282 e. The van der Waals surface area contributed by atoms with Crippen LogP contribution in [0.1, 0.15) is 37.7 Å². The molecule has 10 heteroatoms. The smallest absolute Gasteiger partial charge is 0.282 e. The second-order valence-corrected chi connectivity index (χ2v) is 11.7. The van der Waals surface area contributed by atoms with E-state index in [1.54, 1.807) is 24.4 Å². The summed E-state index contributed by atoms with van der Waals surface area (Å²) in [6.45, 7) is 6.44. The normalized spacial score (nSPS) is 13.0. The lowest BCUT2D eigenvalue weighted by Gasteiger charge is -2.21. The number of nitrogens with zero attached hydrogens (tertiary/aromatic N) is 3. The first kappa shape index (κ1) is 25.8. The Morgan fingerprint density at radius 1 is 1.11 bits per heavy atom. The number of benzene rings is 3. The van der Waals surface area contributed by atoms with Crippen molar-refractivity contribution in [1.82, 2.24) is 9.66 Å². The molecule has 1 aromatic heterocycles. The molecule has 1 aliphatic heterocycles. The zero-order valence-electron chi connectivity index (χ0n) is 20.2. The largest absolute Gasteiger partial charge is 0.487 e. The highest BCUT2D eigenvalue weighted by molar-refractivity contribution is 9.10. The number of hydrogen-bond donors (Lipinski definition) is 0. The standard InChI is InChI=1S/C27H22Br2ClN3O4/c1-27(2,3)26-32-21-6-5-17(28)10-19(21)25(34)33(26)31-12-16-9-18(30)11-20(29)24(16)35-13-15-4-7-22-23(8-15)37-14-36-22/h4-12H,13-14H2,1-3H3. The van der Waals surface area contributed by atoms with Gasteiger partial charge < -0.3 is 14.2 Å². The quantitative estimate of drug-likeness (QED) is 0.217. The fourth-order valence-corrected chi connectivity index (χ4v) is 5.19. The van der Waals surface area contributed by atoms with Gasteiger partial charge in [-0.05, 0) is 64.0 Å². The molecule has 0 saturated heterocycles. The molecule has 190 valence electrons. The van der Waals surface area contributed by atoms with Gasteiger partial charge in [-0.2, -0.15) is 9.78 Å². The van der Waals surface area contributed by atoms with Crippen molar-refractivity contribution in [2.45, 2.75) is 32.8 Å². The van der Waals surface area contributed by atoms with E-state index in [1.165, 1.54) is 4.68 Å². The predicted molar refractivity (Wildman–Crippen MR) is 151 cm³/mol. The molecule has 1 aliphatic rings. The zero-order valence-corrected chi connectivity index (χ0v) is 24.1. The molecular weight excluding hydrogens is 626 g/mol. The average molecular weight is 648 g/mol. The van der Waals surface area contributed by atoms with E-state index in [1.807, 2.05) is 51.1 Å². The minimum Gasteiger partial charge on any atom is -0.487 e. The highest BCUT2D eigenvalue weighted by Gasteiger charge is 2.23. The summed E-state index contributed by atoms with van der Waals surface area (Å²) < 4.78 is 19.8. The number of hydrogen-bond acceptors (Lipinski definition) is 6. The molecule has 0 atom stereocenters. The lowest BCUT2D eigenvalue weighted by atomic mass is 9.95. The van der Waals surface area contributed by atoms with Gasteiger partial charge in [-0.25, -0.2) is 4.98 Å². The highest BCUT2D eigenvalue weighted by Crippen LogP contribution is 2.35. The summed E-state index contributed by atoms with van der Waals surface area (Å²) >= 11 is 13.3. The van der Waals surface area contributed by atoms with Gasteiger partial charge in [0.2, 0.25) is 6.79 Å². The Hall–Kier alpha value is -2.88. The van der Waals surface area contributed by atoms with E-state index in [0.29, 0.717) is 49.0 Å². The van der Waals surface area contributed by atoms with Gasteiger partial charge >= 0.3 is 0 Å². The van der Waals surface area contributed by atoms with Crippen LogP contribution >= 0.6 is 43.5 Å². The van der Waals surface area contributed by atoms with E-state index >= 15 is 0 Å². The van der Waals surface area contributed by atoms with Crippen LogP contribution in [-0.4, -0.2) is 22.7 Å². The molecule has 3 aromatic carbocycles. The summed E-state index contributed by atoms with van der Waals surface area (Å²) in [5.74, 6) is 2.46. The van der Waals surface area contributed by atoms with Crippen molar-refractivity contribution in [3.05, 3.63) is 89.8 Å². The van der Waals surface area contributed by atoms with Crippen LogP contribution < -0.4 is 19.8 Å². The number of rotatable bonds is 5. The van der Waals surface area contributed by atoms with E-state index in [2.05, 4.69) is 37.0 Å². The Labute approximate surface area is 235 Å². The molecular formula is C27H22Br2ClN3O4. The SMILES string of the molecule is CC(C)(C)c1nc2ccc(Br)cc2c(=O)n1N=Cc1cc(Cl)cc(Br)c1OCc1ccc2c(c1)OCO2. The summed E-state index contributed by atoms with van der Waals surface area (Å²) in [5.41, 5.74) is 1.41. The maximum atomic E-state index is 13.5. The molecule has 0 saturated carbocycles. The van der Waals surface area contributed by atoms with E-state index in [4.69, 9.17) is 30.8 Å². The molecule has 0 unspecified atom stereocenters. The molecule has 0 bridgehead atoms. The number of ether oxygens (including phenoxy) is 3. The van der Waals surface area contributed by atoms with Gasteiger partial charge in [-0.1, -0.05) is 54.4 Å². The molecule has 7 nitrogen and oxygen atoms in total. The van der Waals surface area contributed by atoms with Gasteiger partial charge in [0, 0.05) is 20.5 Å². The molecule has 2 heterocycles.